The molecule has 4 aromatic rings. The molecule has 0 radical (unpaired) electrons. The molecule has 1 amide bonds. The average molecular weight is 447 g/mol. The standard InChI is InChI=1S/C26H30N4O3/c1-5-32-16-24-28-23-14-27-22-13-20(33-15-19-9-7-6-8-10-19)11-12-21(22)25(23)30(24)17-26(3,4)29-18(2)31/h6-14H,5,15-17H2,1-4H3,(H,29,31). The molecule has 1 N–H and O–H groups in total. The molecule has 0 saturated heterocycles. The van der Waals surface area contributed by atoms with Gasteiger partial charge in [-0.1, -0.05) is 30.3 Å². The van der Waals surface area contributed by atoms with Gasteiger partial charge in [0.25, 0.3) is 0 Å². The van der Waals surface area contributed by atoms with E-state index in [0.717, 1.165) is 39.1 Å². The lowest BCUT2D eigenvalue weighted by molar-refractivity contribution is -0.120. The van der Waals surface area contributed by atoms with Crippen LogP contribution in [-0.2, 0) is 29.3 Å². The molecule has 0 saturated carbocycles. The molecule has 0 bridgehead atoms. The number of imidazole rings is 1. The highest BCUT2D eigenvalue weighted by atomic mass is 16.5. The fourth-order valence-electron chi connectivity index (χ4n) is 4.06. The van der Waals surface area contributed by atoms with Gasteiger partial charge in [0.05, 0.1) is 22.8 Å². The molecule has 4 rings (SSSR count). The lowest BCUT2D eigenvalue weighted by atomic mass is 10.1. The van der Waals surface area contributed by atoms with Crippen molar-refractivity contribution in [2.45, 2.75) is 53.0 Å². The predicted octanol–water partition coefficient (Wildman–Crippen LogP) is 4.61. The van der Waals surface area contributed by atoms with Gasteiger partial charge in [-0.25, -0.2) is 4.98 Å². The van der Waals surface area contributed by atoms with E-state index < -0.39 is 5.54 Å². The van der Waals surface area contributed by atoms with Gasteiger partial charge in [-0.2, -0.15) is 0 Å². The van der Waals surface area contributed by atoms with Crippen molar-refractivity contribution in [3.05, 3.63) is 66.1 Å². The molecule has 172 valence electrons. The maximum absolute atomic E-state index is 11.7. The number of nitrogens with one attached hydrogen (secondary N) is 1. The molecule has 2 aromatic heterocycles. The molecule has 2 heterocycles. The lowest BCUT2D eigenvalue weighted by Crippen LogP contribution is -2.45. The summed E-state index contributed by atoms with van der Waals surface area (Å²) in [5, 5.41) is 4.01. The van der Waals surface area contributed by atoms with Crippen molar-refractivity contribution < 1.29 is 14.3 Å². The van der Waals surface area contributed by atoms with Gasteiger partial charge in [0, 0.05) is 31.5 Å². The van der Waals surface area contributed by atoms with E-state index in [-0.39, 0.29) is 5.91 Å². The summed E-state index contributed by atoms with van der Waals surface area (Å²) in [6.07, 6.45) is 1.79. The van der Waals surface area contributed by atoms with E-state index in [2.05, 4.69) is 14.9 Å². The summed E-state index contributed by atoms with van der Waals surface area (Å²) in [5.74, 6) is 1.50. The maximum atomic E-state index is 11.7. The Morgan fingerprint density at radius 1 is 1.09 bits per heavy atom. The molecule has 7 nitrogen and oxygen atoms in total. The van der Waals surface area contributed by atoms with Crippen LogP contribution in [0, 0.1) is 0 Å². The topological polar surface area (TPSA) is 78.3 Å². The monoisotopic (exact) mass is 446 g/mol. The number of hydrogen-bond donors (Lipinski definition) is 1. The molecular formula is C26H30N4O3. The Labute approximate surface area is 193 Å². The smallest absolute Gasteiger partial charge is 0.217 e. The molecule has 7 heteroatoms. The van der Waals surface area contributed by atoms with Crippen LogP contribution in [0.2, 0.25) is 0 Å². The third kappa shape index (κ3) is 5.31. The fraction of sp³-hybridized carbons (Fsp3) is 0.346. The van der Waals surface area contributed by atoms with Crippen molar-refractivity contribution in [3.63, 3.8) is 0 Å². The number of fused-ring (bicyclic) bond motifs is 3. The van der Waals surface area contributed by atoms with E-state index in [9.17, 15) is 4.79 Å². The first kappa shape index (κ1) is 22.7. The van der Waals surface area contributed by atoms with E-state index in [4.69, 9.17) is 14.5 Å². The molecule has 0 aliphatic carbocycles. The molecule has 2 aromatic carbocycles. The van der Waals surface area contributed by atoms with E-state index in [1.54, 1.807) is 6.20 Å². The van der Waals surface area contributed by atoms with Gasteiger partial charge in [0.1, 0.15) is 30.3 Å². The zero-order valence-corrected chi connectivity index (χ0v) is 19.6. The van der Waals surface area contributed by atoms with E-state index >= 15 is 0 Å². The van der Waals surface area contributed by atoms with Crippen LogP contribution in [0.1, 0.15) is 39.1 Å². The maximum Gasteiger partial charge on any atom is 0.217 e. The van der Waals surface area contributed by atoms with Gasteiger partial charge >= 0.3 is 0 Å². The number of aromatic nitrogens is 3. The van der Waals surface area contributed by atoms with Crippen molar-refractivity contribution in [3.8, 4) is 5.75 Å². The van der Waals surface area contributed by atoms with Crippen molar-refractivity contribution in [2.75, 3.05) is 6.61 Å². The average Bonchev–Trinajstić information content (AvgIpc) is 3.12. The fourth-order valence-corrected chi connectivity index (χ4v) is 4.06. The number of rotatable bonds is 9. The number of carbonyl (C=O) groups is 1. The number of pyridine rings is 1. The Balaban J connectivity index is 1.73. The Morgan fingerprint density at radius 3 is 2.61 bits per heavy atom. The molecule has 0 fully saturated rings. The second kappa shape index (κ2) is 9.58. The van der Waals surface area contributed by atoms with Gasteiger partial charge in [-0.05, 0) is 38.5 Å². The summed E-state index contributed by atoms with van der Waals surface area (Å²) >= 11 is 0. The van der Waals surface area contributed by atoms with E-state index in [1.807, 2.05) is 69.3 Å². The van der Waals surface area contributed by atoms with Gasteiger partial charge < -0.3 is 19.4 Å². The first-order chi connectivity index (χ1) is 15.9. The van der Waals surface area contributed by atoms with Crippen molar-refractivity contribution in [2.24, 2.45) is 0 Å². The third-order valence-corrected chi connectivity index (χ3v) is 5.38. The van der Waals surface area contributed by atoms with Crippen LogP contribution in [0.5, 0.6) is 5.75 Å². The van der Waals surface area contributed by atoms with Crippen LogP contribution in [0.25, 0.3) is 21.9 Å². The Bertz CT molecular complexity index is 1270. The van der Waals surface area contributed by atoms with Crippen LogP contribution >= 0.6 is 0 Å². The van der Waals surface area contributed by atoms with Crippen molar-refractivity contribution in [1.29, 1.82) is 0 Å². The third-order valence-electron chi connectivity index (χ3n) is 5.38. The summed E-state index contributed by atoms with van der Waals surface area (Å²) in [6.45, 7) is 9.54. The van der Waals surface area contributed by atoms with Crippen molar-refractivity contribution in [1.82, 2.24) is 19.9 Å². The largest absolute Gasteiger partial charge is 0.489 e. The van der Waals surface area contributed by atoms with Gasteiger partial charge in [-0.15, -0.1) is 0 Å². The van der Waals surface area contributed by atoms with Crippen molar-refractivity contribution >= 4 is 27.8 Å². The number of benzene rings is 2. The van der Waals surface area contributed by atoms with Gasteiger partial charge in [0.2, 0.25) is 5.91 Å². The minimum atomic E-state index is -0.464. The van der Waals surface area contributed by atoms with E-state index in [1.165, 1.54) is 6.92 Å². The minimum absolute atomic E-state index is 0.0671. The first-order valence-corrected chi connectivity index (χ1v) is 11.2. The quantitative estimate of drug-likeness (QED) is 0.406. The Hall–Kier alpha value is -3.45. The minimum Gasteiger partial charge on any atom is -0.489 e. The zero-order valence-electron chi connectivity index (χ0n) is 19.6. The number of amides is 1. The Morgan fingerprint density at radius 2 is 1.88 bits per heavy atom. The predicted molar refractivity (Wildman–Crippen MR) is 129 cm³/mol. The number of hydrogen-bond acceptors (Lipinski definition) is 5. The second-order valence-electron chi connectivity index (χ2n) is 8.76. The Kier molecular flexibility index (Phi) is 6.60. The first-order valence-electron chi connectivity index (χ1n) is 11.2. The van der Waals surface area contributed by atoms with Crippen LogP contribution in [0.15, 0.2) is 54.7 Å². The van der Waals surface area contributed by atoms with Crippen LogP contribution in [0.4, 0.5) is 0 Å². The summed E-state index contributed by atoms with van der Waals surface area (Å²) in [7, 11) is 0. The van der Waals surface area contributed by atoms with Gasteiger partial charge in [0.15, 0.2) is 0 Å². The second-order valence-corrected chi connectivity index (χ2v) is 8.76. The van der Waals surface area contributed by atoms with Crippen LogP contribution in [0.3, 0.4) is 0 Å². The summed E-state index contributed by atoms with van der Waals surface area (Å²) in [6, 6.07) is 16.0. The highest BCUT2D eigenvalue weighted by Crippen LogP contribution is 2.29. The van der Waals surface area contributed by atoms with Gasteiger partial charge in [-0.3, -0.25) is 9.78 Å². The lowest BCUT2D eigenvalue weighted by Gasteiger charge is -2.27. The zero-order chi connectivity index (χ0) is 23.4. The summed E-state index contributed by atoms with van der Waals surface area (Å²) in [5.41, 5.74) is 3.25. The molecule has 0 aliphatic heterocycles. The molecule has 0 spiro atoms. The highest BCUT2D eigenvalue weighted by molar-refractivity contribution is 6.02. The summed E-state index contributed by atoms with van der Waals surface area (Å²) < 4.78 is 13.8. The number of ether oxygens (including phenoxy) is 2. The molecule has 0 unspecified atom stereocenters. The number of nitrogens with zero attached hydrogens (tertiary/aromatic N) is 3. The van der Waals surface area contributed by atoms with Crippen LogP contribution < -0.4 is 10.1 Å². The van der Waals surface area contributed by atoms with E-state index in [0.29, 0.717) is 26.4 Å². The number of carbonyl (C=O) groups excluding carboxylic acids is 1. The normalized spacial score (nSPS) is 11.8. The summed E-state index contributed by atoms with van der Waals surface area (Å²) in [4.78, 5) is 21.2. The SMILES string of the molecule is CCOCc1nc2cnc3cc(OCc4ccccc4)ccc3c2n1CC(C)(C)NC(C)=O. The molecule has 33 heavy (non-hydrogen) atoms. The molecule has 0 atom stereocenters. The highest BCUT2D eigenvalue weighted by Gasteiger charge is 2.24. The molecule has 0 aliphatic rings. The van der Waals surface area contributed by atoms with Crippen LogP contribution in [-0.4, -0.2) is 32.6 Å². The molecular weight excluding hydrogens is 416 g/mol.